The summed E-state index contributed by atoms with van der Waals surface area (Å²) >= 11 is 12.2. The molecule has 9 heteroatoms. The quantitative estimate of drug-likeness (QED) is 0.397. The van der Waals surface area contributed by atoms with Gasteiger partial charge in [0, 0.05) is 24.1 Å². The van der Waals surface area contributed by atoms with Crippen LogP contribution in [0.2, 0.25) is 10.0 Å². The van der Waals surface area contributed by atoms with Gasteiger partial charge in [-0.3, -0.25) is 4.99 Å². The van der Waals surface area contributed by atoms with E-state index in [1.165, 1.54) is 0 Å². The van der Waals surface area contributed by atoms with Crippen LogP contribution < -0.4 is 10.6 Å². The number of hydrogen-bond acceptors (Lipinski definition) is 3. The van der Waals surface area contributed by atoms with Crippen LogP contribution in [0.15, 0.2) is 23.2 Å². The zero-order chi connectivity index (χ0) is 17.0. The average molecular weight is 483 g/mol. The molecule has 0 aliphatic carbocycles. The first-order chi connectivity index (χ1) is 10.9. The summed E-state index contributed by atoms with van der Waals surface area (Å²) in [7, 11) is 3.64. The molecule has 24 heavy (non-hydrogen) atoms. The minimum atomic E-state index is -0.0211. The lowest BCUT2D eigenvalue weighted by Crippen LogP contribution is -2.38. The SMILES string of the molecule is CN=C(NCc1nnc(C)n1C)NC(C)c1ccc(Cl)cc1Cl.I. The lowest BCUT2D eigenvalue weighted by molar-refractivity contribution is 0.668. The summed E-state index contributed by atoms with van der Waals surface area (Å²) in [6.07, 6.45) is 0. The third kappa shape index (κ3) is 5.22. The molecule has 6 nitrogen and oxygen atoms in total. The standard InChI is InChI=1S/C15H20Cl2N6.HI/c1-9(12-6-5-11(16)7-13(12)17)20-15(18-3)19-8-14-22-21-10(2)23(14)4;/h5-7,9H,8H2,1-4H3,(H2,18,19,20);1H. The van der Waals surface area contributed by atoms with Gasteiger partial charge in [0.25, 0.3) is 0 Å². The maximum atomic E-state index is 6.24. The second-order valence-corrected chi connectivity index (χ2v) is 6.02. The number of nitrogens with zero attached hydrogens (tertiary/aromatic N) is 4. The molecule has 0 saturated heterocycles. The van der Waals surface area contributed by atoms with Gasteiger partial charge >= 0.3 is 0 Å². The first kappa shape index (κ1) is 21.0. The van der Waals surface area contributed by atoms with Gasteiger partial charge in [-0.15, -0.1) is 34.2 Å². The monoisotopic (exact) mass is 482 g/mol. The Morgan fingerprint density at radius 1 is 1.33 bits per heavy atom. The molecule has 1 unspecified atom stereocenters. The Bertz CT molecular complexity index is 716. The van der Waals surface area contributed by atoms with E-state index in [2.05, 4.69) is 25.8 Å². The van der Waals surface area contributed by atoms with Gasteiger partial charge in [0.1, 0.15) is 5.82 Å². The normalized spacial score (nSPS) is 12.5. The summed E-state index contributed by atoms with van der Waals surface area (Å²) in [6.45, 7) is 4.45. The van der Waals surface area contributed by atoms with Crippen molar-refractivity contribution < 1.29 is 0 Å². The van der Waals surface area contributed by atoms with Crippen LogP contribution in [-0.4, -0.2) is 27.8 Å². The fraction of sp³-hybridized carbons (Fsp3) is 0.400. The third-order valence-corrected chi connectivity index (χ3v) is 4.16. The molecule has 0 amide bonds. The summed E-state index contributed by atoms with van der Waals surface area (Å²) in [5, 5.41) is 15.9. The molecule has 1 atom stereocenters. The number of halogens is 3. The van der Waals surface area contributed by atoms with Gasteiger partial charge in [-0.1, -0.05) is 29.3 Å². The van der Waals surface area contributed by atoms with Crippen molar-refractivity contribution >= 4 is 53.1 Å². The minimum Gasteiger partial charge on any atom is -0.350 e. The van der Waals surface area contributed by atoms with Crippen molar-refractivity contribution in [1.82, 2.24) is 25.4 Å². The van der Waals surface area contributed by atoms with E-state index < -0.39 is 0 Å². The second kappa shape index (κ2) is 9.43. The summed E-state index contributed by atoms with van der Waals surface area (Å²) < 4.78 is 1.93. The molecule has 0 bridgehead atoms. The highest BCUT2D eigenvalue weighted by Gasteiger charge is 2.12. The number of aryl methyl sites for hydroxylation is 1. The summed E-state index contributed by atoms with van der Waals surface area (Å²) in [6, 6.07) is 5.43. The van der Waals surface area contributed by atoms with Gasteiger partial charge in [-0.2, -0.15) is 0 Å². The Hall–Kier alpha value is -1.06. The van der Waals surface area contributed by atoms with E-state index in [4.69, 9.17) is 23.2 Å². The van der Waals surface area contributed by atoms with E-state index in [0.29, 0.717) is 22.5 Å². The second-order valence-electron chi connectivity index (χ2n) is 5.18. The van der Waals surface area contributed by atoms with Crippen LogP contribution >= 0.6 is 47.2 Å². The molecule has 2 aromatic rings. The number of guanidine groups is 1. The van der Waals surface area contributed by atoms with Gasteiger partial charge in [0.2, 0.25) is 0 Å². The minimum absolute atomic E-state index is 0. The largest absolute Gasteiger partial charge is 0.350 e. The summed E-state index contributed by atoms with van der Waals surface area (Å²) in [5.41, 5.74) is 0.952. The van der Waals surface area contributed by atoms with Crippen LogP contribution in [0.25, 0.3) is 0 Å². The Balaban J connectivity index is 0.00000288. The first-order valence-corrected chi connectivity index (χ1v) is 7.95. The Morgan fingerprint density at radius 2 is 2.04 bits per heavy atom. The van der Waals surface area contributed by atoms with E-state index in [0.717, 1.165) is 17.2 Å². The van der Waals surface area contributed by atoms with Crippen molar-refractivity contribution in [3.8, 4) is 0 Å². The molecular formula is C15H21Cl2IN6. The first-order valence-electron chi connectivity index (χ1n) is 7.19. The van der Waals surface area contributed by atoms with E-state index in [1.54, 1.807) is 13.1 Å². The molecule has 1 aromatic carbocycles. The number of hydrogen-bond donors (Lipinski definition) is 2. The fourth-order valence-electron chi connectivity index (χ4n) is 2.10. The highest BCUT2D eigenvalue weighted by Crippen LogP contribution is 2.25. The van der Waals surface area contributed by atoms with Crippen molar-refractivity contribution in [3.05, 3.63) is 45.5 Å². The lowest BCUT2D eigenvalue weighted by atomic mass is 10.1. The predicted octanol–water partition coefficient (Wildman–Crippen LogP) is 3.47. The molecule has 0 aliphatic heterocycles. The number of nitrogens with one attached hydrogen (secondary N) is 2. The molecule has 0 spiro atoms. The molecule has 132 valence electrons. The van der Waals surface area contributed by atoms with Crippen molar-refractivity contribution in [3.63, 3.8) is 0 Å². The highest BCUT2D eigenvalue weighted by molar-refractivity contribution is 14.0. The number of rotatable bonds is 4. The van der Waals surface area contributed by atoms with Gasteiger partial charge in [-0.25, -0.2) is 0 Å². The van der Waals surface area contributed by atoms with Gasteiger partial charge in [0.15, 0.2) is 11.8 Å². The van der Waals surface area contributed by atoms with Crippen LogP contribution in [0.5, 0.6) is 0 Å². The van der Waals surface area contributed by atoms with E-state index in [-0.39, 0.29) is 30.0 Å². The smallest absolute Gasteiger partial charge is 0.191 e. The summed E-state index contributed by atoms with van der Waals surface area (Å²) in [5.74, 6) is 2.36. The average Bonchev–Trinajstić information content (AvgIpc) is 2.82. The van der Waals surface area contributed by atoms with Crippen molar-refractivity contribution in [2.24, 2.45) is 12.0 Å². The van der Waals surface area contributed by atoms with Crippen molar-refractivity contribution in [1.29, 1.82) is 0 Å². The van der Waals surface area contributed by atoms with Crippen LogP contribution in [0.3, 0.4) is 0 Å². The highest BCUT2D eigenvalue weighted by atomic mass is 127. The Morgan fingerprint density at radius 3 is 2.58 bits per heavy atom. The van der Waals surface area contributed by atoms with E-state index >= 15 is 0 Å². The molecule has 2 N–H and O–H groups in total. The maximum Gasteiger partial charge on any atom is 0.191 e. The van der Waals surface area contributed by atoms with Gasteiger partial charge in [-0.05, 0) is 31.5 Å². The molecule has 1 heterocycles. The lowest BCUT2D eigenvalue weighted by Gasteiger charge is -2.19. The predicted molar refractivity (Wildman–Crippen MR) is 109 cm³/mol. The number of aromatic nitrogens is 3. The van der Waals surface area contributed by atoms with Crippen LogP contribution in [0.1, 0.15) is 30.2 Å². The van der Waals surface area contributed by atoms with Crippen LogP contribution in [-0.2, 0) is 13.6 Å². The zero-order valence-corrected chi connectivity index (χ0v) is 17.8. The third-order valence-electron chi connectivity index (χ3n) is 3.60. The van der Waals surface area contributed by atoms with Crippen molar-refractivity contribution in [2.45, 2.75) is 26.4 Å². The van der Waals surface area contributed by atoms with Crippen LogP contribution in [0.4, 0.5) is 0 Å². The molecule has 0 aliphatic rings. The molecule has 0 fully saturated rings. The van der Waals surface area contributed by atoms with Gasteiger partial charge in [0.05, 0.1) is 12.6 Å². The zero-order valence-electron chi connectivity index (χ0n) is 14.0. The van der Waals surface area contributed by atoms with Crippen molar-refractivity contribution in [2.75, 3.05) is 7.05 Å². The van der Waals surface area contributed by atoms with Gasteiger partial charge < -0.3 is 15.2 Å². The number of benzene rings is 1. The molecule has 2 rings (SSSR count). The maximum absolute atomic E-state index is 6.24. The molecule has 0 saturated carbocycles. The fourth-order valence-corrected chi connectivity index (χ4v) is 2.67. The summed E-state index contributed by atoms with van der Waals surface area (Å²) in [4.78, 5) is 4.22. The molecule has 1 aromatic heterocycles. The van der Waals surface area contributed by atoms with E-state index in [9.17, 15) is 0 Å². The Kier molecular flexibility index (Phi) is 8.24. The molecule has 0 radical (unpaired) electrons. The van der Waals surface area contributed by atoms with E-state index in [1.807, 2.05) is 37.6 Å². The topological polar surface area (TPSA) is 67.1 Å². The number of aliphatic imine (C=N–C) groups is 1. The van der Waals surface area contributed by atoms with Crippen LogP contribution in [0, 0.1) is 6.92 Å². The Labute approximate surface area is 169 Å². The molecular weight excluding hydrogens is 462 g/mol.